The van der Waals surface area contributed by atoms with Crippen molar-refractivity contribution in [1.82, 2.24) is 0 Å². The Morgan fingerprint density at radius 3 is 2.13 bits per heavy atom. The maximum atomic E-state index is 5.47. The lowest BCUT2D eigenvalue weighted by molar-refractivity contribution is 0.340. The van der Waals surface area contributed by atoms with Crippen LogP contribution in [-0.4, -0.2) is 13.2 Å². The highest BCUT2D eigenvalue weighted by molar-refractivity contribution is 5.46. The number of hydrogen-bond donors (Lipinski definition) is 1. The zero-order valence-corrected chi connectivity index (χ0v) is 14.8. The van der Waals surface area contributed by atoms with Crippen molar-refractivity contribution < 1.29 is 4.74 Å². The zero-order valence-electron chi connectivity index (χ0n) is 14.8. The molecule has 0 heterocycles. The summed E-state index contributed by atoms with van der Waals surface area (Å²) in [6.07, 6.45) is 1.15. The van der Waals surface area contributed by atoms with Crippen LogP contribution in [0.3, 0.4) is 0 Å². The van der Waals surface area contributed by atoms with E-state index in [0.717, 1.165) is 24.4 Å². The summed E-state index contributed by atoms with van der Waals surface area (Å²) in [5.41, 5.74) is 3.95. The number of hydrogen-bond acceptors (Lipinski definition) is 2. The third-order valence-corrected chi connectivity index (χ3v) is 3.97. The summed E-state index contributed by atoms with van der Waals surface area (Å²) in [4.78, 5) is 0. The lowest BCUT2D eigenvalue weighted by Crippen LogP contribution is -2.10. The molecule has 2 heteroatoms. The first-order chi connectivity index (χ1) is 11.1. The van der Waals surface area contributed by atoms with E-state index in [9.17, 15) is 0 Å². The molecule has 0 saturated heterocycles. The maximum Gasteiger partial charge on any atom is 0.119 e. The lowest BCUT2D eigenvalue weighted by atomic mass is 9.97. The summed E-state index contributed by atoms with van der Waals surface area (Å²) in [5, 5.41) is 3.50. The molecule has 0 aromatic heterocycles. The van der Waals surface area contributed by atoms with Crippen LogP contribution in [0.2, 0.25) is 0 Å². The second kappa shape index (κ2) is 8.61. The van der Waals surface area contributed by atoms with Crippen molar-refractivity contribution in [2.75, 3.05) is 18.5 Å². The highest BCUT2D eigenvalue weighted by Crippen LogP contribution is 2.20. The molecule has 0 aliphatic carbocycles. The van der Waals surface area contributed by atoms with Gasteiger partial charge in [-0.1, -0.05) is 45.0 Å². The molecule has 1 N–H and O–H groups in total. The standard InChI is InChI=1S/C21H29NO/c1-5-23-21-12-10-20(11-13-21)22-15-17(4)19-8-6-18(7-9-19)14-16(2)3/h6-13,16-17,22H,5,14-15H2,1-4H3. The minimum atomic E-state index is 0.481. The summed E-state index contributed by atoms with van der Waals surface area (Å²) < 4.78 is 5.47. The largest absolute Gasteiger partial charge is 0.494 e. The molecule has 0 radical (unpaired) electrons. The quantitative estimate of drug-likeness (QED) is 0.695. The minimum Gasteiger partial charge on any atom is -0.494 e. The number of anilines is 1. The molecular formula is C21H29NO. The van der Waals surface area contributed by atoms with Crippen LogP contribution in [-0.2, 0) is 6.42 Å². The van der Waals surface area contributed by atoms with Crippen molar-refractivity contribution in [1.29, 1.82) is 0 Å². The Labute approximate surface area is 140 Å². The van der Waals surface area contributed by atoms with Gasteiger partial charge in [-0.25, -0.2) is 0 Å². The van der Waals surface area contributed by atoms with Crippen molar-refractivity contribution >= 4 is 5.69 Å². The van der Waals surface area contributed by atoms with Gasteiger partial charge >= 0.3 is 0 Å². The average Bonchev–Trinajstić information content (AvgIpc) is 2.54. The molecule has 0 bridgehead atoms. The van der Waals surface area contributed by atoms with Gasteiger partial charge in [-0.3, -0.25) is 0 Å². The smallest absolute Gasteiger partial charge is 0.119 e. The molecule has 0 fully saturated rings. The van der Waals surface area contributed by atoms with Crippen LogP contribution < -0.4 is 10.1 Å². The van der Waals surface area contributed by atoms with E-state index in [2.05, 4.69) is 62.5 Å². The normalized spacial score (nSPS) is 12.2. The number of benzene rings is 2. The molecule has 2 aromatic rings. The van der Waals surface area contributed by atoms with Gasteiger partial charge in [-0.2, -0.15) is 0 Å². The molecule has 1 unspecified atom stereocenters. The summed E-state index contributed by atoms with van der Waals surface area (Å²) >= 11 is 0. The Morgan fingerprint density at radius 1 is 0.913 bits per heavy atom. The molecule has 0 amide bonds. The highest BCUT2D eigenvalue weighted by Gasteiger charge is 2.06. The molecule has 0 saturated carbocycles. The van der Waals surface area contributed by atoms with E-state index in [-0.39, 0.29) is 0 Å². The number of rotatable bonds is 8. The topological polar surface area (TPSA) is 21.3 Å². The van der Waals surface area contributed by atoms with Crippen LogP contribution in [0.4, 0.5) is 5.69 Å². The van der Waals surface area contributed by atoms with Crippen LogP contribution in [0.15, 0.2) is 48.5 Å². The van der Waals surface area contributed by atoms with Gasteiger partial charge in [0.15, 0.2) is 0 Å². The van der Waals surface area contributed by atoms with Gasteiger partial charge in [-0.05, 0) is 60.6 Å². The molecule has 2 rings (SSSR count). The van der Waals surface area contributed by atoms with E-state index < -0.39 is 0 Å². The van der Waals surface area contributed by atoms with Crippen molar-refractivity contribution in [3.05, 3.63) is 59.7 Å². The van der Waals surface area contributed by atoms with Crippen LogP contribution in [0.5, 0.6) is 5.75 Å². The molecule has 124 valence electrons. The Hall–Kier alpha value is -1.96. The first kappa shape index (κ1) is 17.4. The molecule has 2 aromatic carbocycles. The molecule has 0 aliphatic heterocycles. The fourth-order valence-corrected chi connectivity index (χ4v) is 2.68. The van der Waals surface area contributed by atoms with Crippen molar-refractivity contribution in [3.8, 4) is 5.75 Å². The van der Waals surface area contributed by atoms with Gasteiger partial charge in [0, 0.05) is 12.2 Å². The van der Waals surface area contributed by atoms with Gasteiger partial charge < -0.3 is 10.1 Å². The Balaban J connectivity index is 1.87. The third kappa shape index (κ3) is 5.63. The van der Waals surface area contributed by atoms with E-state index in [4.69, 9.17) is 4.74 Å². The number of ether oxygens (including phenoxy) is 1. The van der Waals surface area contributed by atoms with Gasteiger partial charge in [0.25, 0.3) is 0 Å². The predicted molar refractivity (Wildman–Crippen MR) is 99.5 cm³/mol. The van der Waals surface area contributed by atoms with Crippen molar-refractivity contribution in [3.63, 3.8) is 0 Å². The van der Waals surface area contributed by atoms with Crippen LogP contribution in [0, 0.1) is 5.92 Å². The summed E-state index contributed by atoms with van der Waals surface area (Å²) in [5.74, 6) is 2.11. The molecule has 1 atom stereocenters. The zero-order chi connectivity index (χ0) is 16.7. The van der Waals surface area contributed by atoms with Gasteiger partial charge in [-0.15, -0.1) is 0 Å². The Kier molecular flexibility index (Phi) is 6.52. The Morgan fingerprint density at radius 2 is 1.57 bits per heavy atom. The van der Waals surface area contributed by atoms with Gasteiger partial charge in [0.2, 0.25) is 0 Å². The summed E-state index contributed by atoms with van der Waals surface area (Å²) in [7, 11) is 0. The van der Waals surface area contributed by atoms with Crippen LogP contribution in [0.25, 0.3) is 0 Å². The van der Waals surface area contributed by atoms with Gasteiger partial charge in [0.1, 0.15) is 5.75 Å². The molecule has 23 heavy (non-hydrogen) atoms. The fourth-order valence-electron chi connectivity index (χ4n) is 2.68. The Bertz CT molecular complexity index is 572. The second-order valence-corrected chi connectivity index (χ2v) is 6.58. The van der Waals surface area contributed by atoms with E-state index >= 15 is 0 Å². The predicted octanol–water partition coefficient (Wildman–Crippen LogP) is 5.50. The van der Waals surface area contributed by atoms with E-state index in [1.54, 1.807) is 0 Å². The molecule has 0 spiro atoms. The maximum absolute atomic E-state index is 5.47. The lowest BCUT2D eigenvalue weighted by Gasteiger charge is -2.15. The first-order valence-electron chi connectivity index (χ1n) is 8.64. The van der Waals surface area contributed by atoms with Crippen molar-refractivity contribution in [2.45, 2.75) is 40.0 Å². The highest BCUT2D eigenvalue weighted by atomic mass is 16.5. The van der Waals surface area contributed by atoms with Gasteiger partial charge in [0.05, 0.1) is 6.61 Å². The average molecular weight is 311 g/mol. The summed E-state index contributed by atoms with van der Waals surface area (Å²) in [6, 6.07) is 17.2. The van der Waals surface area contributed by atoms with Crippen LogP contribution >= 0.6 is 0 Å². The minimum absolute atomic E-state index is 0.481. The van der Waals surface area contributed by atoms with Crippen molar-refractivity contribution in [2.24, 2.45) is 5.92 Å². The fraction of sp³-hybridized carbons (Fsp3) is 0.429. The first-order valence-corrected chi connectivity index (χ1v) is 8.64. The van der Waals surface area contributed by atoms with Crippen LogP contribution in [0.1, 0.15) is 44.7 Å². The third-order valence-electron chi connectivity index (χ3n) is 3.97. The molecule has 2 nitrogen and oxygen atoms in total. The molecular weight excluding hydrogens is 282 g/mol. The van der Waals surface area contributed by atoms with E-state index in [1.807, 2.05) is 19.1 Å². The summed E-state index contributed by atoms with van der Waals surface area (Å²) in [6.45, 7) is 10.4. The second-order valence-electron chi connectivity index (χ2n) is 6.58. The number of nitrogens with one attached hydrogen (secondary N) is 1. The van der Waals surface area contributed by atoms with E-state index in [0.29, 0.717) is 18.4 Å². The molecule has 0 aliphatic rings. The monoisotopic (exact) mass is 311 g/mol. The van der Waals surface area contributed by atoms with E-state index in [1.165, 1.54) is 11.1 Å². The SMILES string of the molecule is CCOc1ccc(NCC(C)c2ccc(CC(C)C)cc2)cc1.